The van der Waals surface area contributed by atoms with E-state index >= 15 is 0 Å². The van der Waals surface area contributed by atoms with Crippen molar-refractivity contribution in [2.45, 2.75) is 12.5 Å². The first-order valence-electron chi connectivity index (χ1n) is 6.04. The molecule has 0 amide bonds. The van der Waals surface area contributed by atoms with Crippen LogP contribution in [0.3, 0.4) is 0 Å². The Morgan fingerprint density at radius 1 is 1.00 bits per heavy atom. The van der Waals surface area contributed by atoms with Crippen LogP contribution in [0.4, 0.5) is 0 Å². The maximum atomic E-state index is 11.3. The van der Waals surface area contributed by atoms with Crippen LogP contribution in [0.1, 0.15) is 5.56 Å². The second-order valence-corrected chi connectivity index (χ2v) is 5.69. The number of rotatable bonds is 5. The number of hydrogen-bond donors (Lipinski definition) is 1. The molecule has 0 saturated carbocycles. The van der Waals surface area contributed by atoms with Crippen LogP contribution in [0.15, 0.2) is 42.5 Å². The number of carboxylic acid groups (broad SMARTS) is 1. The third-order valence-corrected chi connectivity index (χ3v) is 3.40. The van der Waals surface area contributed by atoms with Crippen LogP contribution in [0.25, 0.3) is 0 Å². The molecule has 2 aromatic carbocycles. The smallest absolute Gasteiger partial charge is 0.345 e. The molecule has 0 bridgehead atoms. The first kappa shape index (κ1) is 16.0. The molecule has 21 heavy (non-hydrogen) atoms. The summed E-state index contributed by atoms with van der Waals surface area (Å²) in [7, 11) is 0. The lowest BCUT2D eigenvalue weighted by Gasteiger charge is -2.15. The Bertz CT molecular complexity index is 621. The van der Waals surface area contributed by atoms with E-state index in [4.69, 9.17) is 39.5 Å². The first-order chi connectivity index (χ1) is 9.94. The molecule has 3 nitrogen and oxygen atoms in total. The van der Waals surface area contributed by atoms with Gasteiger partial charge in [-0.25, -0.2) is 4.79 Å². The van der Waals surface area contributed by atoms with E-state index < -0.39 is 12.1 Å². The van der Waals surface area contributed by atoms with Crippen molar-refractivity contribution in [1.29, 1.82) is 0 Å². The van der Waals surface area contributed by atoms with Crippen LogP contribution in [-0.2, 0) is 11.2 Å². The molecule has 1 N–H and O–H groups in total. The quantitative estimate of drug-likeness (QED) is 0.852. The number of aliphatic carboxylic acids is 1. The van der Waals surface area contributed by atoms with Gasteiger partial charge in [-0.2, -0.15) is 0 Å². The van der Waals surface area contributed by atoms with Crippen LogP contribution in [0, 0.1) is 0 Å². The van der Waals surface area contributed by atoms with Crippen molar-refractivity contribution in [2.24, 2.45) is 0 Å². The molecule has 1 unspecified atom stereocenters. The molecule has 0 spiro atoms. The van der Waals surface area contributed by atoms with Gasteiger partial charge < -0.3 is 9.84 Å². The SMILES string of the molecule is O=C(O)C(Cc1cc(Cl)cc(Cl)c1)Oc1ccc(Cl)cc1. The molecule has 0 saturated heterocycles. The number of carboxylic acids is 1. The van der Waals surface area contributed by atoms with E-state index in [1.807, 2.05) is 0 Å². The lowest BCUT2D eigenvalue weighted by atomic mass is 10.1. The summed E-state index contributed by atoms with van der Waals surface area (Å²) in [5.74, 6) is -0.638. The second kappa shape index (κ2) is 7.03. The van der Waals surface area contributed by atoms with Gasteiger partial charge in [0.2, 0.25) is 0 Å². The molecular weight excluding hydrogens is 335 g/mol. The van der Waals surface area contributed by atoms with Gasteiger partial charge in [0.1, 0.15) is 5.75 Å². The Labute approximate surface area is 137 Å². The van der Waals surface area contributed by atoms with Gasteiger partial charge >= 0.3 is 5.97 Å². The summed E-state index contributed by atoms with van der Waals surface area (Å²) in [6, 6.07) is 11.4. The van der Waals surface area contributed by atoms with Crippen molar-refractivity contribution in [3.05, 3.63) is 63.1 Å². The van der Waals surface area contributed by atoms with Gasteiger partial charge in [0, 0.05) is 21.5 Å². The monoisotopic (exact) mass is 344 g/mol. The topological polar surface area (TPSA) is 46.5 Å². The standard InChI is InChI=1S/C15H11Cl3O3/c16-10-1-3-13(4-2-10)21-14(15(19)20)7-9-5-11(17)8-12(18)6-9/h1-6,8,14H,7H2,(H,19,20). The molecule has 0 fully saturated rings. The Balaban J connectivity index is 2.15. The third kappa shape index (κ3) is 4.81. The highest BCUT2D eigenvalue weighted by Crippen LogP contribution is 2.22. The first-order valence-corrected chi connectivity index (χ1v) is 7.17. The van der Waals surface area contributed by atoms with E-state index in [1.54, 1.807) is 42.5 Å². The van der Waals surface area contributed by atoms with Gasteiger partial charge in [-0.05, 0) is 48.0 Å². The largest absolute Gasteiger partial charge is 0.478 e. The molecule has 0 radical (unpaired) electrons. The van der Waals surface area contributed by atoms with Crippen molar-refractivity contribution in [1.82, 2.24) is 0 Å². The predicted molar refractivity (Wildman–Crippen MR) is 83.7 cm³/mol. The number of benzene rings is 2. The highest BCUT2D eigenvalue weighted by Gasteiger charge is 2.20. The van der Waals surface area contributed by atoms with E-state index in [9.17, 15) is 9.90 Å². The van der Waals surface area contributed by atoms with Gasteiger partial charge in [0.15, 0.2) is 6.10 Å². The van der Waals surface area contributed by atoms with Gasteiger partial charge in [0.25, 0.3) is 0 Å². The summed E-state index contributed by atoms with van der Waals surface area (Å²) < 4.78 is 5.47. The van der Waals surface area contributed by atoms with Gasteiger partial charge in [-0.3, -0.25) is 0 Å². The Kier molecular flexibility index (Phi) is 5.34. The van der Waals surface area contributed by atoms with E-state index in [0.717, 1.165) is 0 Å². The Morgan fingerprint density at radius 3 is 2.10 bits per heavy atom. The molecule has 0 heterocycles. The molecule has 110 valence electrons. The fourth-order valence-corrected chi connectivity index (χ4v) is 2.50. The summed E-state index contributed by atoms with van der Waals surface area (Å²) >= 11 is 17.6. The molecule has 0 aliphatic rings. The lowest BCUT2D eigenvalue weighted by Crippen LogP contribution is -2.29. The van der Waals surface area contributed by atoms with Crippen molar-refractivity contribution in [2.75, 3.05) is 0 Å². The predicted octanol–water partition coefficient (Wildman–Crippen LogP) is 4.72. The average molecular weight is 346 g/mol. The van der Waals surface area contributed by atoms with Crippen molar-refractivity contribution in [3.8, 4) is 5.75 Å². The summed E-state index contributed by atoms with van der Waals surface area (Å²) in [6.07, 6.45) is -0.890. The van der Waals surface area contributed by atoms with Gasteiger partial charge in [-0.15, -0.1) is 0 Å². The number of ether oxygens (including phenoxy) is 1. The fourth-order valence-electron chi connectivity index (χ4n) is 1.80. The van der Waals surface area contributed by atoms with Crippen LogP contribution >= 0.6 is 34.8 Å². The van der Waals surface area contributed by atoms with Gasteiger partial charge in [0.05, 0.1) is 0 Å². The highest BCUT2D eigenvalue weighted by atomic mass is 35.5. The van der Waals surface area contributed by atoms with E-state index in [0.29, 0.717) is 26.4 Å². The van der Waals surface area contributed by atoms with Crippen LogP contribution in [0.2, 0.25) is 15.1 Å². The second-order valence-electron chi connectivity index (χ2n) is 4.38. The summed E-state index contributed by atoms with van der Waals surface area (Å²) in [6.45, 7) is 0. The van der Waals surface area contributed by atoms with E-state index in [1.165, 1.54) is 0 Å². The molecular formula is C15H11Cl3O3. The summed E-state index contributed by atoms with van der Waals surface area (Å²) in [5, 5.41) is 10.7. The maximum Gasteiger partial charge on any atom is 0.345 e. The van der Waals surface area contributed by atoms with E-state index in [-0.39, 0.29) is 6.42 Å². The minimum atomic E-state index is -1.07. The van der Waals surface area contributed by atoms with Crippen LogP contribution in [0.5, 0.6) is 5.75 Å². The zero-order valence-electron chi connectivity index (χ0n) is 10.7. The molecule has 0 aliphatic carbocycles. The molecule has 0 aromatic heterocycles. The Morgan fingerprint density at radius 2 is 1.57 bits per heavy atom. The van der Waals surface area contributed by atoms with Gasteiger partial charge in [-0.1, -0.05) is 34.8 Å². The zero-order chi connectivity index (χ0) is 15.4. The molecule has 2 aromatic rings. The molecule has 0 aliphatic heterocycles. The summed E-state index contributed by atoms with van der Waals surface area (Å²) in [5.41, 5.74) is 0.689. The average Bonchev–Trinajstić information content (AvgIpc) is 2.39. The van der Waals surface area contributed by atoms with Crippen molar-refractivity contribution < 1.29 is 14.6 Å². The Hall–Kier alpha value is -1.42. The minimum Gasteiger partial charge on any atom is -0.478 e. The normalized spacial score (nSPS) is 12.0. The lowest BCUT2D eigenvalue weighted by molar-refractivity contribution is -0.145. The fraction of sp³-hybridized carbons (Fsp3) is 0.133. The van der Waals surface area contributed by atoms with Crippen LogP contribution < -0.4 is 4.74 Å². The number of hydrogen-bond acceptors (Lipinski definition) is 2. The van der Waals surface area contributed by atoms with Crippen molar-refractivity contribution in [3.63, 3.8) is 0 Å². The molecule has 1 atom stereocenters. The summed E-state index contributed by atoms with van der Waals surface area (Å²) in [4.78, 5) is 11.3. The third-order valence-electron chi connectivity index (χ3n) is 2.71. The highest BCUT2D eigenvalue weighted by molar-refractivity contribution is 6.34. The van der Waals surface area contributed by atoms with Crippen molar-refractivity contribution >= 4 is 40.8 Å². The molecule has 6 heteroatoms. The molecule has 2 rings (SSSR count). The minimum absolute atomic E-state index is 0.151. The zero-order valence-corrected chi connectivity index (χ0v) is 13.0. The van der Waals surface area contributed by atoms with Crippen LogP contribution in [-0.4, -0.2) is 17.2 Å². The number of carbonyl (C=O) groups is 1. The van der Waals surface area contributed by atoms with E-state index in [2.05, 4.69) is 0 Å². The number of halogens is 3. The maximum absolute atomic E-state index is 11.3.